The maximum absolute atomic E-state index is 10.1. The van der Waals surface area contributed by atoms with Crippen LogP contribution < -0.4 is 0 Å². The average molecular weight is 312 g/mol. The maximum atomic E-state index is 10.1. The van der Waals surface area contributed by atoms with Gasteiger partial charge in [-0.15, -0.1) is 0 Å². The Balaban J connectivity index is 3.06. The molecule has 0 bridgehead atoms. The van der Waals surface area contributed by atoms with E-state index in [0.29, 0.717) is 6.61 Å². The van der Waals surface area contributed by atoms with Crippen molar-refractivity contribution in [2.75, 3.05) is 6.61 Å². The zero-order valence-corrected chi connectivity index (χ0v) is 14.5. The fraction of sp³-hybridized carbons (Fsp3) is 0.842. The Bertz CT molecular complexity index is 261. The van der Waals surface area contributed by atoms with Crippen molar-refractivity contribution in [3.63, 3.8) is 0 Å². The molecule has 0 spiro atoms. The lowest BCUT2D eigenvalue weighted by Crippen LogP contribution is -2.01. The molecule has 0 aliphatic carbocycles. The van der Waals surface area contributed by atoms with Gasteiger partial charge in [-0.3, -0.25) is 0 Å². The molecular weight excluding hydrogens is 276 g/mol. The van der Waals surface area contributed by atoms with E-state index in [-0.39, 0.29) is 0 Å². The third-order valence-electron chi connectivity index (χ3n) is 3.88. The van der Waals surface area contributed by atoms with Gasteiger partial charge in [0.25, 0.3) is 0 Å². The summed E-state index contributed by atoms with van der Waals surface area (Å²) in [6.07, 6.45) is 21.2. The van der Waals surface area contributed by atoms with Gasteiger partial charge in [0, 0.05) is 0 Å². The summed E-state index contributed by atoms with van der Waals surface area (Å²) in [5, 5.41) is 8.31. The van der Waals surface area contributed by atoms with Crippen molar-refractivity contribution < 1.29 is 14.6 Å². The van der Waals surface area contributed by atoms with Gasteiger partial charge in [0.05, 0.1) is 6.61 Å². The molecule has 0 rings (SSSR count). The van der Waals surface area contributed by atoms with Crippen LogP contribution in [-0.2, 0) is 4.74 Å². The van der Waals surface area contributed by atoms with E-state index in [1.54, 1.807) is 0 Å². The highest BCUT2D eigenvalue weighted by atomic mass is 16.7. The van der Waals surface area contributed by atoms with Crippen molar-refractivity contribution in [1.82, 2.24) is 0 Å². The van der Waals surface area contributed by atoms with E-state index >= 15 is 0 Å². The van der Waals surface area contributed by atoms with Crippen molar-refractivity contribution in [1.29, 1.82) is 0 Å². The Labute approximate surface area is 137 Å². The highest BCUT2D eigenvalue weighted by Crippen LogP contribution is 2.09. The number of carbonyl (C=O) groups is 1. The minimum absolute atomic E-state index is 0.344. The van der Waals surface area contributed by atoms with Crippen LogP contribution in [0.25, 0.3) is 0 Å². The van der Waals surface area contributed by atoms with E-state index in [2.05, 4.69) is 23.8 Å². The van der Waals surface area contributed by atoms with Crippen molar-refractivity contribution in [2.45, 2.75) is 96.8 Å². The summed E-state index contributed by atoms with van der Waals surface area (Å²) in [5.74, 6) is 0. The van der Waals surface area contributed by atoms with Crippen LogP contribution in [-0.4, -0.2) is 17.9 Å². The SMILES string of the molecule is CCCCCCCC/C=C\CCCCCCCCOC(=O)O. The predicted molar refractivity (Wildman–Crippen MR) is 93.4 cm³/mol. The summed E-state index contributed by atoms with van der Waals surface area (Å²) >= 11 is 0. The van der Waals surface area contributed by atoms with Gasteiger partial charge in [0.2, 0.25) is 0 Å². The van der Waals surface area contributed by atoms with Gasteiger partial charge in [-0.25, -0.2) is 4.79 Å². The monoisotopic (exact) mass is 312 g/mol. The first kappa shape index (κ1) is 21.0. The van der Waals surface area contributed by atoms with Crippen LogP contribution in [0.15, 0.2) is 12.2 Å². The molecule has 0 heterocycles. The van der Waals surface area contributed by atoms with Crippen molar-refractivity contribution in [2.24, 2.45) is 0 Å². The number of rotatable bonds is 16. The zero-order valence-electron chi connectivity index (χ0n) is 14.5. The highest BCUT2D eigenvalue weighted by Gasteiger charge is 1.95. The summed E-state index contributed by atoms with van der Waals surface area (Å²) in [4.78, 5) is 10.1. The molecule has 0 saturated carbocycles. The maximum Gasteiger partial charge on any atom is 0.505 e. The Morgan fingerprint density at radius 1 is 0.773 bits per heavy atom. The number of unbranched alkanes of at least 4 members (excludes halogenated alkanes) is 12. The summed E-state index contributed by atoms with van der Waals surface area (Å²) in [6, 6.07) is 0. The van der Waals surface area contributed by atoms with E-state index in [9.17, 15) is 4.79 Å². The first-order chi connectivity index (χ1) is 10.8. The van der Waals surface area contributed by atoms with Gasteiger partial charge in [0.15, 0.2) is 0 Å². The second-order valence-corrected chi connectivity index (χ2v) is 6.05. The molecule has 0 unspecified atom stereocenters. The first-order valence-corrected chi connectivity index (χ1v) is 9.28. The van der Waals surface area contributed by atoms with E-state index in [0.717, 1.165) is 12.8 Å². The standard InChI is InChI=1S/C19H36O3/c1-2-3-4-5-6-7-8-9-10-11-12-13-14-15-16-17-18-22-19(20)21/h9-10H,2-8,11-18H2,1H3,(H,20,21)/b10-9-. The van der Waals surface area contributed by atoms with Gasteiger partial charge in [-0.1, -0.05) is 76.9 Å². The Morgan fingerprint density at radius 2 is 1.23 bits per heavy atom. The molecule has 1 N–H and O–H groups in total. The fourth-order valence-electron chi connectivity index (χ4n) is 2.51. The lowest BCUT2D eigenvalue weighted by atomic mass is 10.1. The van der Waals surface area contributed by atoms with Crippen molar-refractivity contribution in [3.8, 4) is 0 Å². The zero-order chi connectivity index (χ0) is 16.3. The normalized spacial score (nSPS) is 11.1. The molecule has 0 aromatic heterocycles. The summed E-state index contributed by atoms with van der Waals surface area (Å²) in [6.45, 7) is 2.60. The molecule has 0 saturated heterocycles. The Morgan fingerprint density at radius 3 is 1.73 bits per heavy atom. The van der Waals surface area contributed by atoms with E-state index in [1.165, 1.54) is 77.0 Å². The van der Waals surface area contributed by atoms with Crippen molar-refractivity contribution >= 4 is 6.16 Å². The van der Waals surface area contributed by atoms with Crippen LogP contribution in [0.4, 0.5) is 4.79 Å². The molecule has 0 aliphatic rings. The number of hydrogen-bond donors (Lipinski definition) is 1. The Kier molecular flexibility index (Phi) is 17.2. The molecule has 0 amide bonds. The Hall–Kier alpha value is -0.990. The fourth-order valence-corrected chi connectivity index (χ4v) is 2.51. The molecular formula is C19H36O3. The topological polar surface area (TPSA) is 46.5 Å². The highest BCUT2D eigenvalue weighted by molar-refractivity contribution is 5.56. The molecule has 130 valence electrons. The van der Waals surface area contributed by atoms with Crippen LogP contribution in [0.5, 0.6) is 0 Å². The van der Waals surface area contributed by atoms with E-state index < -0.39 is 6.16 Å². The van der Waals surface area contributed by atoms with Crippen LogP contribution in [0.1, 0.15) is 96.8 Å². The number of hydrogen-bond acceptors (Lipinski definition) is 2. The van der Waals surface area contributed by atoms with Crippen LogP contribution >= 0.6 is 0 Å². The third-order valence-corrected chi connectivity index (χ3v) is 3.88. The van der Waals surface area contributed by atoms with Crippen LogP contribution in [0.3, 0.4) is 0 Å². The molecule has 0 aliphatic heterocycles. The van der Waals surface area contributed by atoms with Gasteiger partial charge in [0.1, 0.15) is 0 Å². The second-order valence-electron chi connectivity index (χ2n) is 6.05. The predicted octanol–water partition coefficient (Wildman–Crippen LogP) is 6.72. The van der Waals surface area contributed by atoms with Crippen molar-refractivity contribution in [3.05, 3.63) is 12.2 Å². The molecule has 0 radical (unpaired) electrons. The van der Waals surface area contributed by atoms with Crippen LogP contribution in [0.2, 0.25) is 0 Å². The smallest absolute Gasteiger partial charge is 0.450 e. The van der Waals surface area contributed by atoms with Crippen LogP contribution in [0, 0.1) is 0 Å². The summed E-state index contributed by atoms with van der Waals surface area (Å²) in [5.41, 5.74) is 0. The average Bonchev–Trinajstić information content (AvgIpc) is 2.50. The number of ether oxygens (including phenoxy) is 1. The second kappa shape index (κ2) is 18.1. The number of allylic oxidation sites excluding steroid dienone is 2. The van der Waals surface area contributed by atoms with E-state index in [4.69, 9.17) is 5.11 Å². The molecule has 3 heteroatoms. The number of carboxylic acid groups (broad SMARTS) is 1. The minimum Gasteiger partial charge on any atom is -0.450 e. The summed E-state index contributed by atoms with van der Waals surface area (Å²) in [7, 11) is 0. The molecule has 0 atom stereocenters. The van der Waals surface area contributed by atoms with E-state index in [1.807, 2.05) is 0 Å². The third kappa shape index (κ3) is 19.0. The molecule has 0 aromatic rings. The molecule has 22 heavy (non-hydrogen) atoms. The lowest BCUT2D eigenvalue weighted by molar-refractivity contribution is 0.0899. The molecule has 0 fully saturated rings. The van der Waals surface area contributed by atoms with Gasteiger partial charge in [-0.05, 0) is 32.1 Å². The minimum atomic E-state index is -1.16. The van der Waals surface area contributed by atoms with Gasteiger partial charge >= 0.3 is 6.16 Å². The molecule has 3 nitrogen and oxygen atoms in total. The van der Waals surface area contributed by atoms with Gasteiger partial charge in [-0.2, -0.15) is 0 Å². The molecule has 0 aromatic carbocycles. The quantitative estimate of drug-likeness (QED) is 0.195. The lowest BCUT2D eigenvalue weighted by Gasteiger charge is -2.01. The first-order valence-electron chi connectivity index (χ1n) is 9.28. The van der Waals surface area contributed by atoms with Gasteiger partial charge < -0.3 is 9.84 Å². The largest absolute Gasteiger partial charge is 0.505 e. The summed E-state index contributed by atoms with van der Waals surface area (Å²) < 4.78 is 4.47.